The second kappa shape index (κ2) is 7.87. The van der Waals surface area contributed by atoms with Crippen molar-refractivity contribution in [2.75, 3.05) is 32.2 Å². The lowest BCUT2D eigenvalue weighted by molar-refractivity contribution is 0.0916. The maximum absolute atomic E-state index is 13.3. The molecule has 1 aliphatic rings. The van der Waals surface area contributed by atoms with E-state index in [1.807, 2.05) is 6.92 Å². The van der Waals surface area contributed by atoms with E-state index in [-0.39, 0.29) is 22.6 Å². The number of hydrogen-bond acceptors (Lipinski definition) is 5. The summed E-state index contributed by atoms with van der Waals surface area (Å²) >= 11 is 0. The maximum Gasteiger partial charge on any atom is 0.273 e. The molecule has 1 amide bonds. The molecular weight excluding hydrogens is 356 g/mol. The van der Waals surface area contributed by atoms with Gasteiger partial charge in [-0.2, -0.15) is 0 Å². The smallest absolute Gasteiger partial charge is 0.273 e. The number of nitrogens with zero attached hydrogens (tertiary/aromatic N) is 1. The van der Waals surface area contributed by atoms with Gasteiger partial charge in [0.2, 0.25) is 0 Å². The highest BCUT2D eigenvalue weighted by atomic mass is 19.1. The number of hydrogen-bond donors (Lipinski definition) is 2. The molecule has 1 atom stereocenters. The average molecular weight is 377 g/mol. The van der Waals surface area contributed by atoms with Crippen LogP contribution in [0.4, 0.5) is 20.3 Å². The first-order valence-electron chi connectivity index (χ1n) is 8.53. The van der Waals surface area contributed by atoms with E-state index in [2.05, 4.69) is 15.6 Å². The third-order valence-electron chi connectivity index (χ3n) is 4.40. The fourth-order valence-corrected chi connectivity index (χ4v) is 2.84. The van der Waals surface area contributed by atoms with Crippen LogP contribution in [0.1, 0.15) is 23.8 Å². The molecule has 0 spiro atoms. The lowest BCUT2D eigenvalue weighted by atomic mass is 9.90. The van der Waals surface area contributed by atoms with Gasteiger partial charge in [0.15, 0.2) is 5.69 Å². The second-order valence-electron chi connectivity index (χ2n) is 6.83. The van der Waals surface area contributed by atoms with Crippen molar-refractivity contribution in [1.29, 1.82) is 0 Å². The quantitative estimate of drug-likeness (QED) is 0.808. The maximum atomic E-state index is 13.3. The van der Waals surface area contributed by atoms with Crippen LogP contribution in [0.5, 0.6) is 5.75 Å². The van der Waals surface area contributed by atoms with Gasteiger partial charge in [0.25, 0.3) is 5.91 Å². The van der Waals surface area contributed by atoms with Crippen LogP contribution in [0.3, 0.4) is 0 Å². The molecule has 0 radical (unpaired) electrons. The third-order valence-corrected chi connectivity index (χ3v) is 4.40. The predicted molar refractivity (Wildman–Crippen MR) is 96.3 cm³/mol. The molecule has 8 heteroatoms. The lowest BCUT2D eigenvalue weighted by Crippen LogP contribution is -2.36. The molecule has 2 aromatic rings. The Bertz CT molecular complexity index is 819. The molecule has 1 unspecified atom stereocenters. The van der Waals surface area contributed by atoms with E-state index in [1.54, 1.807) is 12.1 Å². The van der Waals surface area contributed by atoms with Crippen LogP contribution in [0.25, 0.3) is 0 Å². The largest absolute Gasteiger partial charge is 0.494 e. The van der Waals surface area contributed by atoms with Crippen molar-refractivity contribution in [2.45, 2.75) is 13.3 Å². The molecule has 6 nitrogen and oxygen atoms in total. The number of methoxy groups -OCH3 is 1. The van der Waals surface area contributed by atoms with Crippen molar-refractivity contribution in [3.63, 3.8) is 0 Å². The van der Waals surface area contributed by atoms with Gasteiger partial charge in [-0.3, -0.25) is 4.79 Å². The number of nitrogens with one attached hydrogen (secondary N) is 2. The molecule has 1 fully saturated rings. The number of aromatic nitrogens is 1. The second-order valence-corrected chi connectivity index (χ2v) is 6.83. The Morgan fingerprint density at radius 3 is 2.67 bits per heavy atom. The Hall–Kier alpha value is -2.74. The Balaban J connectivity index is 1.77. The fraction of sp³-hybridized carbons (Fsp3) is 0.368. The molecule has 27 heavy (non-hydrogen) atoms. The lowest BCUT2D eigenvalue weighted by Gasteiger charge is -2.22. The van der Waals surface area contributed by atoms with Gasteiger partial charge >= 0.3 is 0 Å². The highest BCUT2D eigenvalue weighted by Crippen LogP contribution is 2.27. The zero-order valence-corrected chi connectivity index (χ0v) is 15.1. The zero-order valence-electron chi connectivity index (χ0n) is 15.1. The monoisotopic (exact) mass is 377 g/mol. The Kier molecular flexibility index (Phi) is 5.55. The Morgan fingerprint density at radius 1 is 1.30 bits per heavy atom. The molecule has 1 aliphatic heterocycles. The van der Waals surface area contributed by atoms with Crippen LogP contribution < -0.4 is 15.4 Å². The van der Waals surface area contributed by atoms with Gasteiger partial charge in [0.1, 0.15) is 23.2 Å². The van der Waals surface area contributed by atoms with Crippen LogP contribution in [0.15, 0.2) is 30.3 Å². The van der Waals surface area contributed by atoms with Crippen molar-refractivity contribution in [2.24, 2.45) is 5.41 Å². The van der Waals surface area contributed by atoms with Crippen LogP contribution in [-0.2, 0) is 4.74 Å². The minimum absolute atomic E-state index is 0.0851. The summed E-state index contributed by atoms with van der Waals surface area (Å²) in [4.78, 5) is 16.8. The summed E-state index contributed by atoms with van der Waals surface area (Å²) < 4.78 is 37.3. The highest BCUT2D eigenvalue weighted by molar-refractivity contribution is 5.95. The van der Waals surface area contributed by atoms with E-state index < -0.39 is 17.5 Å². The number of carbonyl (C=O) groups excluding carboxylic acids is 1. The molecule has 2 N–H and O–H groups in total. The summed E-state index contributed by atoms with van der Waals surface area (Å²) in [5.41, 5.74) is 0.159. The SMILES string of the molecule is COc1ccc(Nc2cc(F)cc(F)c2)nc1C(=O)NCC1(C)CCOC1. The summed E-state index contributed by atoms with van der Waals surface area (Å²) in [7, 11) is 1.44. The fourth-order valence-electron chi connectivity index (χ4n) is 2.84. The number of rotatable bonds is 6. The number of ether oxygens (including phenoxy) is 2. The molecule has 3 rings (SSSR count). The van der Waals surface area contributed by atoms with Crippen LogP contribution >= 0.6 is 0 Å². The molecular formula is C19H21F2N3O3. The van der Waals surface area contributed by atoms with Gasteiger partial charge in [-0.15, -0.1) is 0 Å². The topological polar surface area (TPSA) is 72.5 Å². The van der Waals surface area contributed by atoms with Crippen molar-refractivity contribution >= 4 is 17.4 Å². The van der Waals surface area contributed by atoms with Gasteiger partial charge in [0, 0.05) is 30.3 Å². The summed E-state index contributed by atoms with van der Waals surface area (Å²) in [6.45, 7) is 3.76. The minimum Gasteiger partial charge on any atom is -0.494 e. The van der Waals surface area contributed by atoms with E-state index >= 15 is 0 Å². The van der Waals surface area contributed by atoms with Crippen LogP contribution in [0.2, 0.25) is 0 Å². The number of anilines is 2. The van der Waals surface area contributed by atoms with E-state index in [1.165, 1.54) is 7.11 Å². The molecule has 0 bridgehead atoms. The van der Waals surface area contributed by atoms with E-state index in [0.717, 1.165) is 24.6 Å². The predicted octanol–water partition coefficient (Wildman–Crippen LogP) is 3.27. The number of pyridine rings is 1. The van der Waals surface area contributed by atoms with E-state index in [4.69, 9.17) is 9.47 Å². The van der Waals surface area contributed by atoms with Crippen molar-refractivity contribution < 1.29 is 23.0 Å². The van der Waals surface area contributed by atoms with Gasteiger partial charge in [-0.05, 0) is 30.7 Å². The van der Waals surface area contributed by atoms with Gasteiger partial charge in [-0.25, -0.2) is 13.8 Å². The van der Waals surface area contributed by atoms with Crippen molar-refractivity contribution in [3.05, 3.63) is 47.7 Å². The van der Waals surface area contributed by atoms with E-state index in [0.29, 0.717) is 25.5 Å². The first kappa shape index (κ1) is 19.0. The molecule has 0 saturated carbocycles. The molecule has 2 heterocycles. The molecule has 1 aromatic carbocycles. The average Bonchev–Trinajstić information content (AvgIpc) is 3.06. The zero-order chi connectivity index (χ0) is 19.4. The van der Waals surface area contributed by atoms with Crippen LogP contribution in [0, 0.1) is 17.0 Å². The molecule has 1 saturated heterocycles. The Morgan fingerprint density at radius 2 is 2.04 bits per heavy atom. The Labute approximate surface area is 155 Å². The molecule has 1 aromatic heterocycles. The number of halogens is 2. The standard InChI is InChI=1S/C19H21F2N3O3/c1-19(5-6-27-11-19)10-22-18(25)17-15(26-2)3-4-16(24-17)23-14-8-12(20)7-13(21)9-14/h3-4,7-9H,5-6,10-11H2,1-2H3,(H,22,25)(H,23,24). The first-order valence-corrected chi connectivity index (χ1v) is 8.53. The van der Waals surface area contributed by atoms with E-state index in [9.17, 15) is 13.6 Å². The molecule has 0 aliphatic carbocycles. The molecule has 144 valence electrons. The number of amides is 1. The number of carbonyl (C=O) groups is 1. The van der Waals surface area contributed by atoms with Crippen LogP contribution in [-0.4, -0.2) is 37.8 Å². The van der Waals surface area contributed by atoms with Crippen molar-refractivity contribution in [1.82, 2.24) is 10.3 Å². The summed E-state index contributed by atoms with van der Waals surface area (Å²) in [6.07, 6.45) is 0.866. The van der Waals surface area contributed by atoms with Crippen molar-refractivity contribution in [3.8, 4) is 5.75 Å². The summed E-state index contributed by atoms with van der Waals surface area (Å²) in [5, 5.41) is 5.65. The minimum atomic E-state index is -0.712. The third kappa shape index (κ3) is 4.71. The van der Waals surface area contributed by atoms with Gasteiger partial charge in [0.05, 0.1) is 13.7 Å². The summed E-state index contributed by atoms with van der Waals surface area (Å²) in [5.74, 6) is -1.25. The highest BCUT2D eigenvalue weighted by Gasteiger charge is 2.30. The summed E-state index contributed by atoms with van der Waals surface area (Å²) in [6, 6.07) is 6.18. The van der Waals surface area contributed by atoms with Gasteiger partial charge in [-0.1, -0.05) is 6.92 Å². The number of benzene rings is 1. The normalized spacial score (nSPS) is 19.0. The first-order chi connectivity index (χ1) is 12.9. The van der Waals surface area contributed by atoms with Gasteiger partial charge < -0.3 is 20.1 Å².